The molecule has 1 atom stereocenters. The molecule has 0 fully saturated rings. The molecule has 0 aliphatic rings. The van der Waals surface area contributed by atoms with Gasteiger partial charge in [0.15, 0.2) is 0 Å². The fraction of sp³-hybridized carbons (Fsp3) is 0.0833. The molecule has 0 radical (unpaired) electrons. The summed E-state index contributed by atoms with van der Waals surface area (Å²) in [5, 5.41) is 0.697. The number of nitrogens with two attached hydrogens (primary N) is 1. The highest BCUT2D eigenvalue weighted by Crippen LogP contribution is 2.26. The fourth-order valence-corrected chi connectivity index (χ4v) is 1.88. The van der Waals surface area contributed by atoms with Crippen LogP contribution in [0, 0.1) is 0 Å². The van der Waals surface area contributed by atoms with E-state index in [-0.39, 0.29) is 6.04 Å². The highest BCUT2D eigenvalue weighted by atomic mass is 35.5. The first-order valence-electron chi connectivity index (χ1n) is 4.93. The molecule has 3 nitrogen and oxygen atoms in total. The van der Waals surface area contributed by atoms with Gasteiger partial charge in [0.1, 0.15) is 0 Å². The predicted octanol–water partition coefficient (Wildman–Crippen LogP) is 2.29. The molecular weight excluding hydrogens is 222 g/mol. The summed E-state index contributed by atoms with van der Waals surface area (Å²) < 4.78 is 0. The van der Waals surface area contributed by atoms with Crippen LogP contribution in [-0.4, -0.2) is 4.98 Å². The molecule has 2 aromatic rings. The third-order valence-corrected chi connectivity index (χ3v) is 2.77. The lowest BCUT2D eigenvalue weighted by molar-refractivity contribution is 0.636. The summed E-state index contributed by atoms with van der Waals surface area (Å²) in [6.45, 7) is 0. The first-order chi connectivity index (χ1) is 7.83. The van der Waals surface area contributed by atoms with Crippen LogP contribution in [-0.2, 0) is 0 Å². The molecule has 82 valence electrons. The molecule has 0 aliphatic carbocycles. The molecule has 16 heavy (non-hydrogen) atoms. The molecule has 0 spiro atoms. The lowest BCUT2D eigenvalue weighted by Crippen LogP contribution is -2.29. The van der Waals surface area contributed by atoms with Crippen LogP contribution < -0.4 is 11.3 Å². The summed E-state index contributed by atoms with van der Waals surface area (Å²) in [6.07, 6.45) is 3.47. The number of hydrogen-bond acceptors (Lipinski definition) is 3. The summed E-state index contributed by atoms with van der Waals surface area (Å²) in [6, 6.07) is 11.3. The fourth-order valence-electron chi connectivity index (χ4n) is 1.63. The van der Waals surface area contributed by atoms with Gasteiger partial charge in [-0.2, -0.15) is 0 Å². The van der Waals surface area contributed by atoms with Gasteiger partial charge in [0, 0.05) is 17.4 Å². The zero-order valence-corrected chi connectivity index (χ0v) is 9.35. The molecule has 0 bridgehead atoms. The van der Waals surface area contributed by atoms with Crippen LogP contribution in [0.4, 0.5) is 0 Å². The molecule has 1 aromatic heterocycles. The summed E-state index contributed by atoms with van der Waals surface area (Å²) >= 11 is 6.14. The standard InChI is InChI=1S/C12H12ClN3/c13-11-4-2-1-3-10(11)12(16-14)9-5-7-15-8-6-9/h1-8,12,16H,14H2. The number of hydrogen-bond donors (Lipinski definition) is 2. The second kappa shape index (κ2) is 5.07. The molecule has 0 saturated heterocycles. The van der Waals surface area contributed by atoms with Crippen molar-refractivity contribution in [2.24, 2.45) is 5.84 Å². The van der Waals surface area contributed by atoms with Gasteiger partial charge in [-0.1, -0.05) is 29.8 Å². The SMILES string of the molecule is NNC(c1ccncc1)c1ccccc1Cl. The lowest BCUT2D eigenvalue weighted by atomic mass is 10.0. The summed E-state index contributed by atoms with van der Waals surface area (Å²) in [5.74, 6) is 5.58. The zero-order valence-electron chi connectivity index (χ0n) is 8.60. The first-order valence-corrected chi connectivity index (χ1v) is 5.31. The van der Waals surface area contributed by atoms with E-state index in [4.69, 9.17) is 17.4 Å². The molecule has 1 aromatic carbocycles. The molecular formula is C12H12ClN3. The van der Waals surface area contributed by atoms with Gasteiger partial charge in [0.05, 0.1) is 6.04 Å². The molecule has 2 rings (SSSR count). The van der Waals surface area contributed by atoms with Crippen LogP contribution in [0.25, 0.3) is 0 Å². The van der Waals surface area contributed by atoms with Crippen molar-refractivity contribution in [1.29, 1.82) is 0 Å². The Morgan fingerprint density at radius 3 is 2.44 bits per heavy atom. The van der Waals surface area contributed by atoms with Crippen molar-refractivity contribution in [2.45, 2.75) is 6.04 Å². The van der Waals surface area contributed by atoms with E-state index in [0.29, 0.717) is 5.02 Å². The second-order valence-corrected chi connectivity index (χ2v) is 3.81. The van der Waals surface area contributed by atoms with Crippen molar-refractivity contribution in [3.05, 3.63) is 64.9 Å². The van der Waals surface area contributed by atoms with Crippen molar-refractivity contribution in [3.8, 4) is 0 Å². The van der Waals surface area contributed by atoms with Gasteiger partial charge in [-0.15, -0.1) is 0 Å². The van der Waals surface area contributed by atoms with Crippen molar-refractivity contribution in [1.82, 2.24) is 10.4 Å². The highest BCUT2D eigenvalue weighted by molar-refractivity contribution is 6.31. The smallest absolute Gasteiger partial charge is 0.0725 e. The van der Waals surface area contributed by atoms with Crippen LogP contribution >= 0.6 is 11.6 Å². The van der Waals surface area contributed by atoms with Crippen LogP contribution in [0.15, 0.2) is 48.8 Å². The van der Waals surface area contributed by atoms with Gasteiger partial charge in [-0.25, -0.2) is 5.43 Å². The van der Waals surface area contributed by atoms with E-state index in [2.05, 4.69) is 10.4 Å². The Kier molecular flexibility index (Phi) is 3.51. The van der Waals surface area contributed by atoms with Crippen LogP contribution in [0.3, 0.4) is 0 Å². The van der Waals surface area contributed by atoms with Crippen molar-refractivity contribution < 1.29 is 0 Å². The number of aromatic nitrogens is 1. The Morgan fingerprint density at radius 1 is 1.12 bits per heavy atom. The van der Waals surface area contributed by atoms with Gasteiger partial charge in [-0.3, -0.25) is 10.8 Å². The van der Waals surface area contributed by atoms with Crippen molar-refractivity contribution in [3.63, 3.8) is 0 Å². The van der Waals surface area contributed by atoms with E-state index in [1.807, 2.05) is 36.4 Å². The Labute approximate surface area is 99.2 Å². The van der Waals surface area contributed by atoms with Gasteiger partial charge < -0.3 is 0 Å². The lowest BCUT2D eigenvalue weighted by Gasteiger charge is -2.17. The number of nitrogens with zero attached hydrogens (tertiary/aromatic N) is 1. The van der Waals surface area contributed by atoms with E-state index < -0.39 is 0 Å². The Balaban J connectivity index is 2.41. The van der Waals surface area contributed by atoms with Crippen molar-refractivity contribution in [2.75, 3.05) is 0 Å². The number of halogens is 1. The second-order valence-electron chi connectivity index (χ2n) is 3.40. The van der Waals surface area contributed by atoms with E-state index in [1.165, 1.54) is 0 Å². The van der Waals surface area contributed by atoms with Gasteiger partial charge in [0.2, 0.25) is 0 Å². The third-order valence-electron chi connectivity index (χ3n) is 2.42. The molecule has 3 N–H and O–H groups in total. The highest BCUT2D eigenvalue weighted by Gasteiger charge is 2.14. The molecule has 0 aliphatic heterocycles. The Hall–Kier alpha value is -1.42. The quantitative estimate of drug-likeness (QED) is 0.632. The Morgan fingerprint density at radius 2 is 1.81 bits per heavy atom. The third kappa shape index (κ3) is 2.22. The summed E-state index contributed by atoms with van der Waals surface area (Å²) in [5.41, 5.74) is 4.75. The van der Waals surface area contributed by atoms with E-state index in [0.717, 1.165) is 11.1 Å². The predicted molar refractivity (Wildman–Crippen MR) is 64.9 cm³/mol. The van der Waals surface area contributed by atoms with Crippen LogP contribution in [0.5, 0.6) is 0 Å². The minimum Gasteiger partial charge on any atom is -0.271 e. The largest absolute Gasteiger partial charge is 0.271 e. The minimum atomic E-state index is -0.114. The molecule has 0 saturated carbocycles. The van der Waals surface area contributed by atoms with Gasteiger partial charge in [-0.05, 0) is 29.3 Å². The number of pyridine rings is 1. The monoisotopic (exact) mass is 233 g/mol. The zero-order chi connectivity index (χ0) is 11.4. The normalized spacial score (nSPS) is 12.4. The summed E-state index contributed by atoms with van der Waals surface area (Å²) in [4.78, 5) is 3.98. The Bertz CT molecular complexity index is 459. The molecule has 1 unspecified atom stereocenters. The maximum atomic E-state index is 6.14. The molecule has 0 amide bonds. The topological polar surface area (TPSA) is 50.9 Å². The van der Waals surface area contributed by atoms with E-state index in [9.17, 15) is 0 Å². The number of rotatable bonds is 3. The molecule has 1 heterocycles. The van der Waals surface area contributed by atoms with Crippen LogP contribution in [0.1, 0.15) is 17.2 Å². The van der Waals surface area contributed by atoms with Gasteiger partial charge >= 0.3 is 0 Å². The number of hydrazine groups is 1. The van der Waals surface area contributed by atoms with Gasteiger partial charge in [0.25, 0.3) is 0 Å². The maximum absolute atomic E-state index is 6.14. The average molecular weight is 234 g/mol. The molecule has 4 heteroatoms. The summed E-state index contributed by atoms with van der Waals surface area (Å²) in [7, 11) is 0. The average Bonchev–Trinajstić information content (AvgIpc) is 2.34. The van der Waals surface area contributed by atoms with Crippen molar-refractivity contribution >= 4 is 11.6 Å². The first kappa shape index (κ1) is 11.1. The maximum Gasteiger partial charge on any atom is 0.0725 e. The number of benzene rings is 1. The number of nitrogens with one attached hydrogen (secondary N) is 1. The van der Waals surface area contributed by atoms with Crippen LogP contribution in [0.2, 0.25) is 5.02 Å². The van der Waals surface area contributed by atoms with E-state index >= 15 is 0 Å². The van der Waals surface area contributed by atoms with E-state index in [1.54, 1.807) is 12.4 Å². The minimum absolute atomic E-state index is 0.114.